The van der Waals surface area contributed by atoms with Crippen LogP contribution in [0.2, 0.25) is 0 Å². The van der Waals surface area contributed by atoms with Crippen LogP contribution in [0.25, 0.3) is 0 Å². The summed E-state index contributed by atoms with van der Waals surface area (Å²) in [5, 5.41) is 4.69. The molecule has 19 heavy (non-hydrogen) atoms. The lowest BCUT2D eigenvalue weighted by molar-refractivity contribution is 0.0555. The highest BCUT2D eigenvalue weighted by atomic mass is 32.2. The quantitative estimate of drug-likeness (QED) is 0.901. The van der Waals surface area contributed by atoms with Crippen LogP contribution in [-0.4, -0.2) is 34.7 Å². The van der Waals surface area contributed by atoms with E-state index < -0.39 is 0 Å². The molecule has 3 rings (SSSR count). The summed E-state index contributed by atoms with van der Waals surface area (Å²) >= 11 is 1.83. The van der Waals surface area contributed by atoms with E-state index in [2.05, 4.69) is 23.3 Å². The standard InChI is InChI=1S/C14H19N3OS/c1-11(12-3-2-6-15-9-12)16-13-17-14(10-19-13)4-7-18-8-5-14/h2-3,6,9,11H,4-5,7-8,10H2,1H3,(H,16,17). The van der Waals surface area contributed by atoms with E-state index >= 15 is 0 Å². The molecule has 102 valence electrons. The highest BCUT2D eigenvalue weighted by Crippen LogP contribution is 2.32. The Morgan fingerprint density at radius 3 is 3.05 bits per heavy atom. The molecule has 1 unspecified atom stereocenters. The predicted molar refractivity (Wildman–Crippen MR) is 78.5 cm³/mol. The van der Waals surface area contributed by atoms with Gasteiger partial charge in [-0.05, 0) is 31.4 Å². The summed E-state index contributed by atoms with van der Waals surface area (Å²) in [5.41, 5.74) is 1.38. The Balaban J connectivity index is 1.68. The van der Waals surface area contributed by atoms with Gasteiger partial charge in [-0.2, -0.15) is 0 Å². The molecule has 1 aromatic rings. The van der Waals surface area contributed by atoms with Crippen molar-refractivity contribution in [2.24, 2.45) is 4.99 Å². The molecule has 2 fully saturated rings. The lowest BCUT2D eigenvalue weighted by Gasteiger charge is -2.32. The van der Waals surface area contributed by atoms with Crippen molar-refractivity contribution < 1.29 is 4.74 Å². The minimum absolute atomic E-state index is 0.152. The third kappa shape index (κ3) is 2.92. The summed E-state index contributed by atoms with van der Waals surface area (Å²) in [5.74, 6) is 1.11. The van der Waals surface area contributed by atoms with E-state index in [0.29, 0.717) is 0 Å². The normalized spacial score (nSPS) is 25.4. The number of amidine groups is 1. The van der Waals surface area contributed by atoms with Crippen LogP contribution in [0.5, 0.6) is 0 Å². The highest BCUT2D eigenvalue weighted by Gasteiger charge is 2.38. The van der Waals surface area contributed by atoms with Gasteiger partial charge in [-0.25, -0.2) is 0 Å². The third-order valence-electron chi connectivity index (χ3n) is 3.78. The third-order valence-corrected chi connectivity index (χ3v) is 4.96. The first kappa shape index (κ1) is 12.9. The number of thioether (sulfide) groups is 1. The van der Waals surface area contributed by atoms with Crippen LogP contribution in [0.3, 0.4) is 0 Å². The molecule has 0 aliphatic carbocycles. The van der Waals surface area contributed by atoms with E-state index in [-0.39, 0.29) is 11.6 Å². The molecule has 0 radical (unpaired) electrons. The summed E-state index contributed by atoms with van der Waals surface area (Å²) < 4.78 is 5.44. The number of pyridine rings is 1. The Bertz CT molecular complexity index is 457. The van der Waals surface area contributed by atoms with Crippen LogP contribution in [0.4, 0.5) is 0 Å². The van der Waals surface area contributed by atoms with Gasteiger partial charge in [-0.1, -0.05) is 17.8 Å². The first-order valence-corrected chi connectivity index (χ1v) is 7.72. The van der Waals surface area contributed by atoms with E-state index in [1.54, 1.807) is 6.20 Å². The summed E-state index contributed by atoms with van der Waals surface area (Å²) in [6.45, 7) is 3.83. The molecule has 0 bridgehead atoms. The lowest BCUT2D eigenvalue weighted by Crippen LogP contribution is -2.48. The molecule has 2 saturated heterocycles. The Hall–Kier alpha value is -1.07. The topological polar surface area (TPSA) is 46.5 Å². The molecule has 0 saturated carbocycles. The van der Waals surface area contributed by atoms with Crippen molar-refractivity contribution in [3.63, 3.8) is 0 Å². The predicted octanol–water partition coefficient (Wildman–Crippen LogP) is 2.38. The van der Waals surface area contributed by atoms with Gasteiger partial charge in [-0.3, -0.25) is 9.98 Å². The Labute approximate surface area is 118 Å². The fourth-order valence-corrected chi connectivity index (χ4v) is 3.78. The summed E-state index contributed by atoms with van der Waals surface area (Å²) in [4.78, 5) is 8.93. The van der Waals surface area contributed by atoms with Gasteiger partial charge in [0, 0.05) is 31.4 Å². The average Bonchev–Trinajstić information content (AvgIpc) is 2.83. The molecular formula is C14H19N3OS. The number of aromatic nitrogens is 1. The van der Waals surface area contributed by atoms with Gasteiger partial charge in [0.15, 0.2) is 5.17 Å². The van der Waals surface area contributed by atoms with Crippen molar-refractivity contribution in [3.05, 3.63) is 30.1 Å². The van der Waals surface area contributed by atoms with E-state index in [0.717, 1.165) is 42.5 Å². The van der Waals surface area contributed by atoms with E-state index in [1.807, 2.05) is 24.0 Å². The second-order valence-corrected chi connectivity index (χ2v) is 6.17. The van der Waals surface area contributed by atoms with Gasteiger partial charge < -0.3 is 10.1 Å². The molecule has 0 aromatic carbocycles. The van der Waals surface area contributed by atoms with E-state index in [1.165, 1.54) is 0 Å². The zero-order valence-electron chi connectivity index (χ0n) is 11.1. The minimum Gasteiger partial charge on any atom is -0.381 e. The number of aliphatic imine (C=N–C) groups is 1. The zero-order chi connectivity index (χ0) is 13.1. The van der Waals surface area contributed by atoms with Crippen molar-refractivity contribution in [3.8, 4) is 0 Å². The molecule has 1 N–H and O–H groups in total. The Morgan fingerprint density at radius 1 is 1.47 bits per heavy atom. The van der Waals surface area contributed by atoms with Crippen LogP contribution >= 0.6 is 11.8 Å². The summed E-state index contributed by atoms with van der Waals surface area (Å²) in [6.07, 6.45) is 5.85. The van der Waals surface area contributed by atoms with Crippen LogP contribution < -0.4 is 5.32 Å². The molecular weight excluding hydrogens is 258 g/mol. The average molecular weight is 277 g/mol. The van der Waals surface area contributed by atoms with Crippen LogP contribution in [0, 0.1) is 0 Å². The molecule has 4 nitrogen and oxygen atoms in total. The maximum Gasteiger partial charge on any atom is 0.157 e. The second-order valence-electron chi connectivity index (χ2n) is 5.20. The molecule has 1 spiro atoms. The summed E-state index contributed by atoms with van der Waals surface area (Å²) in [6, 6.07) is 4.19. The molecule has 2 aliphatic rings. The number of rotatable bonds is 2. The molecule has 2 aliphatic heterocycles. The molecule has 3 heterocycles. The van der Waals surface area contributed by atoms with Gasteiger partial charge in [0.25, 0.3) is 0 Å². The van der Waals surface area contributed by atoms with Gasteiger partial charge in [0.1, 0.15) is 0 Å². The highest BCUT2D eigenvalue weighted by molar-refractivity contribution is 8.14. The van der Waals surface area contributed by atoms with Crippen molar-refractivity contribution in [2.75, 3.05) is 19.0 Å². The first-order chi connectivity index (χ1) is 9.27. The maximum atomic E-state index is 5.44. The van der Waals surface area contributed by atoms with E-state index in [4.69, 9.17) is 9.73 Å². The molecule has 1 atom stereocenters. The van der Waals surface area contributed by atoms with Crippen molar-refractivity contribution in [2.45, 2.75) is 31.3 Å². The monoisotopic (exact) mass is 277 g/mol. The Morgan fingerprint density at radius 2 is 2.32 bits per heavy atom. The zero-order valence-corrected chi connectivity index (χ0v) is 11.9. The fourth-order valence-electron chi connectivity index (χ4n) is 2.48. The fraction of sp³-hybridized carbons (Fsp3) is 0.571. The lowest BCUT2D eigenvalue weighted by atomic mass is 9.93. The van der Waals surface area contributed by atoms with Crippen molar-refractivity contribution in [1.29, 1.82) is 0 Å². The largest absolute Gasteiger partial charge is 0.381 e. The molecule has 5 heteroatoms. The number of hydrogen-bond acceptors (Lipinski definition) is 4. The van der Waals surface area contributed by atoms with E-state index in [9.17, 15) is 0 Å². The number of hydrogen-bond donors (Lipinski definition) is 1. The van der Waals surface area contributed by atoms with Crippen molar-refractivity contribution in [1.82, 2.24) is 10.3 Å². The maximum absolute atomic E-state index is 5.44. The van der Waals surface area contributed by atoms with Crippen LogP contribution in [0.15, 0.2) is 29.5 Å². The second kappa shape index (κ2) is 5.51. The number of nitrogens with zero attached hydrogens (tertiary/aromatic N) is 2. The van der Waals surface area contributed by atoms with Gasteiger partial charge in [0.05, 0.1) is 11.6 Å². The molecule has 0 amide bonds. The van der Waals surface area contributed by atoms with Gasteiger partial charge >= 0.3 is 0 Å². The van der Waals surface area contributed by atoms with Gasteiger partial charge in [0.2, 0.25) is 0 Å². The van der Waals surface area contributed by atoms with Crippen LogP contribution in [0.1, 0.15) is 31.4 Å². The smallest absolute Gasteiger partial charge is 0.157 e. The van der Waals surface area contributed by atoms with Crippen LogP contribution in [-0.2, 0) is 4.74 Å². The number of nitrogens with one attached hydrogen (secondary N) is 1. The van der Waals surface area contributed by atoms with Gasteiger partial charge in [-0.15, -0.1) is 0 Å². The number of ether oxygens (including phenoxy) is 1. The van der Waals surface area contributed by atoms with Crippen molar-refractivity contribution >= 4 is 16.9 Å². The minimum atomic E-state index is 0.152. The molecule has 1 aromatic heterocycles. The SMILES string of the molecule is CC(N=C1NC2(CCOCC2)CS1)c1cccnc1. The Kier molecular flexibility index (Phi) is 3.75. The first-order valence-electron chi connectivity index (χ1n) is 6.74. The summed E-state index contributed by atoms with van der Waals surface area (Å²) in [7, 11) is 0.